The summed E-state index contributed by atoms with van der Waals surface area (Å²) in [4.78, 5) is 10.8. The van der Waals surface area contributed by atoms with E-state index in [2.05, 4.69) is 22.6 Å². The van der Waals surface area contributed by atoms with Gasteiger partial charge in [-0.2, -0.15) is 0 Å². The van der Waals surface area contributed by atoms with Crippen molar-refractivity contribution >= 4 is 39.5 Å². The van der Waals surface area contributed by atoms with Crippen molar-refractivity contribution < 1.29 is 4.79 Å². The normalized spacial score (nSPS) is 11.6. The van der Waals surface area contributed by atoms with Crippen LogP contribution in [0.5, 0.6) is 0 Å². The van der Waals surface area contributed by atoms with E-state index in [4.69, 9.17) is 0 Å². The van der Waals surface area contributed by atoms with Crippen LogP contribution in [-0.4, -0.2) is 14.3 Å². The molecule has 0 bridgehead atoms. The van der Waals surface area contributed by atoms with Gasteiger partial charge in [0.15, 0.2) is 5.12 Å². The first-order valence-corrected chi connectivity index (χ1v) is 5.08. The van der Waals surface area contributed by atoms with Crippen LogP contribution in [0.25, 0.3) is 0 Å². The fraction of sp³-hybridized carbons (Fsp3) is 0.833. The lowest BCUT2D eigenvalue weighted by Gasteiger charge is -2.14. The summed E-state index contributed by atoms with van der Waals surface area (Å²) in [5.74, 6) is 0. The number of halogens is 1. The molecule has 0 radical (unpaired) electrons. The van der Waals surface area contributed by atoms with Gasteiger partial charge in [-0.1, -0.05) is 55.1 Å². The maximum Gasteiger partial charge on any atom is 0.199 e. The van der Waals surface area contributed by atoms with Gasteiger partial charge in [0.1, 0.15) is 0 Å². The van der Waals surface area contributed by atoms with Crippen molar-refractivity contribution in [1.82, 2.24) is 0 Å². The molecule has 9 heavy (non-hydrogen) atoms. The molecule has 0 aliphatic carbocycles. The van der Waals surface area contributed by atoms with Crippen LogP contribution >= 0.6 is 34.4 Å². The quantitative estimate of drug-likeness (QED) is 0.531. The number of thioether (sulfide) groups is 1. The van der Waals surface area contributed by atoms with Crippen molar-refractivity contribution in [2.45, 2.75) is 25.5 Å². The highest BCUT2D eigenvalue weighted by Crippen LogP contribution is 2.24. The van der Waals surface area contributed by atoms with Gasteiger partial charge in [0.05, 0.1) is 4.43 Å². The molecule has 0 unspecified atom stereocenters. The van der Waals surface area contributed by atoms with E-state index in [1.165, 1.54) is 11.8 Å². The van der Waals surface area contributed by atoms with Gasteiger partial charge < -0.3 is 0 Å². The summed E-state index contributed by atoms with van der Waals surface area (Å²) in [6.07, 6.45) is 0. The van der Waals surface area contributed by atoms with Crippen molar-refractivity contribution in [2.24, 2.45) is 0 Å². The smallest absolute Gasteiger partial charge is 0.199 e. The Labute approximate surface area is 74.1 Å². The third kappa shape index (κ3) is 6.64. The van der Waals surface area contributed by atoms with E-state index in [0.29, 0.717) is 4.43 Å². The van der Waals surface area contributed by atoms with Gasteiger partial charge >= 0.3 is 0 Å². The minimum Gasteiger partial charge on any atom is -0.286 e. The largest absolute Gasteiger partial charge is 0.286 e. The lowest BCUT2D eigenvalue weighted by Crippen LogP contribution is -2.11. The number of hydrogen-bond acceptors (Lipinski definition) is 2. The highest BCUT2D eigenvalue weighted by molar-refractivity contribution is 14.1. The minimum absolute atomic E-state index is 0.0856. The second kappa shape index (κ2) is 3.81. The standard InChI is InChI=1S/C6H11IOS/c1-6(2,3)9-5(8)4-7/h4H2,1-3H3. The third-order valence-electron chi connectivity index (χ3n) is 0.529. The summed E-state index contributed by atoms with van der Waals surface area (Å²) in [5.41, 5.74) is 0. The van der Waals surface area contributed by atoms with Crippen LogP contribution in [0, 0.1) is 0 Å². The van der Waals surface area contributed by atoms with Crippen LogP contribution in [0.15, 0.2) is 0 Å². The Balaban J connectivity index is 3.60. The Morgan fingerprint density at radius 2 is 2.00 bits per heavy atom. The fourth-order valence-electron chi connectivity index (χ4n) is 0.369. The summed E-state index contributed by atoms with van der Waals surface area (Å²) in [5, 5.41) is 0.267. The van der Waals surface area contributed by atoms with Crippen LogP contribution in [0.2, 0.25) is 0 Å². The average molecular weight is 258 g/mol. The highest BCUT2D eigenvalue weighted by atomic mass is 127. The van der Waals surface area contributed by atoms with Crippen molar-refractivity contribution in [1.29, 1.82) is 0 Å². The van der Waals surface area contributed by atoms with Gasteiger partial charge in [0.2, 0.25) is 0 Å². The third-order valence-corrected chi connectivity index (χ3v) is 2.72. The topological polar surface area (TPSA) is 17.1 Å². The summed E-state index contributed by atoms with van der Waals surface area (Å²) < 4.78 is 0.696. The summed E-state index contributed by atoms with van der Waals surface area (Å²) >= 11 is 3.49. The van der Waals surface area contributed by atoms with Crippen LogP contribution in [0.3, 0.4) is 0 Å². The van der Waals surface area contributed by atoms with Gasteiger partial charge in [0, 0.05) is 4.75 Å². The summed E-state index contributed by atoms with van der Waals surface area (Å²) in [6.45, 7) is 6.13. The molecule has 0 heterocycles. The van der Waals surface area contributed by atoms with Gasteiger partial charge in [-0.3, -0.25) is 4.79 Å². The molecule has 0 saturated heterocycles. The van der Waals surface area contributed by atoms with E-state index in [1.54, 1.807) is 0 Å². The summed E-state index contributed by atoms with van der Waals surface area (Å²) in [7, 11) is 0. The molecule has 0 aromatic heterocycles. The molecule has 0 aromatic carbocycles. The maximum absolute atomic E-state index is 10.8. The van der Waals surface area contributed by atoms with Crippen molar-refractivity contribution in [2.75, 3.05) is 4.43 Å². The zero-order valence-electron chi connectivity index (χ0n) is 5.90. The Hall–Kier alpha value is 0.750. The lowest BCUT2D eigenvalue weighted by atomic mass is 10.3. The van der Waals surface area contributed by atoms with E-state index >= 15 is 0 Å². The first-order valence-electron chi connectivity index (χ1n) is 2.73. The molecule has 0 saturated carbocycles. The molecule has 0 rings (SSSR count). The van der Waals surface area contributed by atoms with Crippen molar-refractivity contribution in [3.63, 3.8) is 0 Å². The lowest BCUT2D eigenvalue weighted by molar-refractivity contribution is -0.108. The zero-order valence-corrected chi connectivity index (χ0v) is 8.88. The Morgan fingerprint density at radius 3 is 2.11 bits per heavy atom. The van der Waals surface area contributed by atoms with Crippen LogP contribution < -0.4 is 0 Å². The van der Waals surface area contributed by atoms with E-state index in [1.807, 2.05) is 20.8 Å². The molecule has 3 heteroatoms. The molecular weight excluding hydrogens is 247 g/mol. The fourth-order valence-corrected chi connectivity index (χ4v) is 1.57. The summed E-state index contributed by atoms with van der Waals surface area (Å²) in [6, 6.07) is 0. The number of carbonyl (C=O) groups excluding carboxylic acids is 1. The molecular formula is C6H11IOS. The van der Waals surface area contributed by atoms with E-state index < -0.39 is 0 Å². The molecule has 0 aliphatic rings. The molecule has 0 fully saturated rings. The van der Waals surface area contributed by atoms with Gasteiger partial charge in [0.25, 0.3) is 0 Å². The monoisotopic (exact) mass is 258 g/mol. The first kappa shape index (κ1) is 9.75. The Morgan fingerprint density at radius 1 is 1.56 bits per heavy atom. The van der Waals surface area contributed by atoms with E-state index in [0.717, 1.165) is 0 Å². The molecule has 0 aliphatic heterocycles. The molecule has 1 nitrogen and oxygen atoms in total. The SMILES string of the molecule is CC(C)(C)SC(=O)CI. The highest BCUT2D eigenvalue weighted by Gasteiger charge is 2.14. The number of carbonyl (C=O) groups is 1. The van der Waals surface area contributed by atoms with E-state index in [9.17, 15) is 4.79 Å². The second-order valence-corrected chi connectivity index (χ2v) is 5.37. The zero-order chi connectivity index (χ0) is 7.49. The number of hydrogen-bond donors (Lipinski definition) is 0. The van der Waals surface area contributed by atoms with Crippen molar-refractivity contribution in [3.05, 3.63) is 0 Å². The van der Waals surface area contributed by atoms with E-state index in [-0.39, 0.29) is 9.86 Å². The number of rotatable bonds is 1. The molecule has 0 N–H and O–H groups in total. The van der Waals surface area contributed by atoms with Crippen LogP contribution in [-0.2, 0) is 4.79 Å². The second-order valence-electron chi connectivity index (χ2n) is 2.72. The molecule has 0 atom stereocenters. The molecule has 54 valence electrons. The predicted molar refractivity (Wildman–Crippen MR) is 51.2 cm³/mol. The van der Waals surface area contributed by atoms with Gasteiger partial charge in [-0.25, -0.2) is 0 Å². The van der Waals surface area contributed by atoms with Gasteiger partial charge in [-0.15, -0.1) is 0 Å². The number of alkyl halides is 1. The first-order chi connectivity index (χ1) is 3.95. The van der Waals surface area contributed by atoms with Crippen LogP contribution in [0.4, 0.5) is 0 Å². The molecule has 0 spiro atoms. The van der Waals surface area contributed by atoms with Crippen molar-refractivity contribution in [3.8, 4) is 0 Å². The maximum atomic E-state index is 10.8. The molecule has 0 amide bonds. The minimum atomic E-state index is 0.0856. The predicted octanol–water partition coefficient (Wildman–Crippen LogP) is 2.48. The van der Waals surface area contributed by atoms with Gasteiger partial charge in [-0.05, 0) is 0 Å². The van der Waals surface area contributed by atoms with Crippen LogP contribution in [0.1, 0.15) is 20.8 Å². The average Bonchev–Trinajstić information content (AvgIpc) is 1.62. The molecule has 0 aromatic rings. The Bertz CT molecular complexity index is 106. The Kier molecular flexibility index (Phi) is 4.12.